The molecule has 1 atom stereocenters. The summed E-state index contributed by atoms with van der Waals surface area (Å²) >= 11 is 0. The third kappa shape index (κ3) is 4.64. The number of amides is 1. The number of nitrogens with one attached hydrogen (secondary N) is 1. The predicted octanol–water partition coefficient (Wildman–Crippen LogP) is 3.15. The number of fused-ring (bicyclic) bond motifs is 1. The first-order valence-electron chi connectivity index (χ1n) is 9.18. The summed E-state index contributed by atoms with van der Waals surface area (Å²) in [6.07, 6.45) is 1.95. The third-order valence-electron chi connectivity index (χ3n) is 4.43. The lowest BCUT2D eigenvalue weighted by Gasteiger charge is -2.20. The lowest BCUT2D eigenvalue weighted by Crippen LogP contribution is -2.37. The summed E-state index contributed by atoms with van der Waals surface area (Å²) in [5.41, 5.74) is 2.12. The smallest absolute Gasteiger partial charge is 0.260 e. The summed E-state index contributed by atoms with van der Waals surface area (Å²) in [5, 5.41) is 11.2. The van der Waals surface area contributed by atoms with Crippen LogP contribution in [0, 0.1) is 0 Å². The van der Waals surface area contributed by atoms with E-state index in [1.54, 1.807) is 6.92 Å². The SMILES string of the molecule is CC(Oc1ccc(C(C)(C)C)cc1)C(=O)NCCc1nnc2ccccn12. The molecule has 3 rings (SSSR count). The zero-order chi connectivity index (χ0) is 19.4. The maximum atomic E-state index is 12.3. The largest absolute Gasteiger partial charge is 0.481 e. The Kier molecular flexibility index (Phi) is 5.44. The lowest BCUT2D eigenvalue weighted by molar-refractivity contribution is -0.127. The number of nitrogens with zero attached hydrogens (tertiary/aromatic N) is 3. The number of hydrogen-bond donors (Lipinski definition) is 1. The molecule has 0 aliphatic carbocycles. The van der Waals surface area contributed by atoms with Crippen LogP contribution in [0.4, 0.5) is 0 Å². The minimum absolute atomic E-state index is 0.0907. The van der Waals surface area contributed by atoms with E-state index in [-0.39, 0.29) is 11.3 Å². The van der Waals surface area contributed by atoms with Gasteiger partial charge >= 0.3 is 0 Å². The molecule has 6 nitrogen and oxygen atoms in total. The van der Waals surface area contributed by atoms with Crippen molar-refractivity contribution in [1.82, 2.24) is 19.9 Å². The normalized spacial score (nSPS) is 12.7. The van der Waals surface area contributed by atoms with Crippen LogP contribution in [-0.2, 0) is 16.6 Å². The van der Waals surface area contributed by atoms with Crippen LogP contribution in [-0.4, -0.2) is 33.2 Å². The molecule has 0 spiro atoms. The molecular formula is C21H26N4O2. The van der Waals surface area contributed by atoms with Gasteiger partial charge in [0.15, 0.2) is 11.8 Å². The molecule has 2 aromatic heterocycles. The Hall–Kier alpha value is -2.89. The van der Waals surface area contributed by atoms with Crippen LogP contribution in [0.2, 0.25) is 0 Å². The van der Waals surface area contributed by atoms with Crippen LogP contribution in [0.1, 0.15) is 39.1 Å². The molecule has 3 aromatic rings. The van der Waals surface area contributed by atoms with Crippen molar-refractivity contribution in [3.05, 3.63) is 60.0 Å². The molecule has 1 N–H and O–H groups in total. The van der Waals surface area contributed by atoms with Crippen LogP contribution in [0.5, 0.6) is 5.75 Å². The van der Waals surface area contributed by atoms with Gasteiger partial charge in [0.1, 0.15) is 11.6 Å². The molecule has 1 unspecified atom stereocenters. The Bertz CT molecular complexity index is 910. The average molecular weight is 366 g/mol. The molecule has 142 valence electrons. The zero-order valence-electron chi connectivity index (χ0n) is 16.3. The number of carbonyl (C=O) groups excluding carboxylic acids is 1. The molecule has 0 aliphatic heterocycles. The number of carbonyl (C=O) groups is 1. The number of pyridine rings is 1. The van der Waals surface area contributed by atoms with E-state index < -0.39 is 6.10 Å². The van der Waals surface area contributed by atoms with Crippen molar-refractivity contribution in [2.45, 2.75) is 45.6 Å². The monoisotopic (exact) mass is 366 g/mol. The lowest BCUT2D eigenvalue weighted by atomic mass is 9.87. The first-order valence-corrected chi connectivity index (χ1v) is 9.18. The maximum Gasteiger partial charge on any atom is 0.260 e. The summed E-state index contributed by atoms with van der Waals surface area (Å²) in [6.45, 7) is 8.72. The average Bonchev–Trinajstić information content (AvgIpc) is 3.04. The van der Waals surface area contributed by atoms with E-state index in [0.717, 1.165) is 11.5 Å². The number of hydrogen-bond acceptors (Lipinski definition) is 4. The molecule has 0 saturated heterocycles. The Morgan fingerprint density at radius 3 is 2.59 bits per heavy atom. The molecule has 1 aromatic carbocycles. The topological polar surface area (TPSA) is 68.5 Å². The highest BCUT2D eigenvalue weighted by atomic mass is 16.5. The Balaban J connectivity index is 1.50. The van der Waals surface area contributed by atoms with Crippen molar-refractivity contribution in [1.29, 1.82) is 0 Å². The second kappa shape index (κ2) is 7.78. The standard InChI is InChI=1S/C21H26N4O2/c1-15(27-17-10-8-16(9-11-17)21(2,3)4)20(26)22-13-12-19-24-23-18-7-5-6-14-25(18)19/h5-11,14-15H,12-13H2,1-4H3,(H,22,26). The molecule has 6 heteroatoms. The highest BCUT2D eigenvalue weighted by Crippen LogP contribution is 2.24. The Morgan fingerprint density at radius 1 is 1.15 bits per heavy atom. The molecule has 2 heterocycles. The van der Waals surface area contributed by atoms with Gasteiger partial charge in [-0.25, -0.2) is 0 Å². The minimum Gasteiger partial charge on any atom is -0.481 e. The van der Waals surface area contributed by atoms with E-state index in [2.05, 4.69) is 36.3 Å². The fourth-order valence-corrected chi connectivity index (χ4v) is 2.79. The van der Waals surface area contributed by atoms with Gasteiger partial charge in [-0.05, 0) is 42.2 Å². The van der Waals surface area contributed by atoms with E-state index in [4.69, 9.17) is 4.74 Å². The van der Waals surface area contributed by atoms with Crippen molar-refractivity contribution in [2.75, 3.05) is 6.54 Å². The van der Waals surface area contributed by atoms with Crippen LogP contribution in [0.3, 0.4) is 0 Å². The first-order chi connectivity index (χ1) is 12.8. The number of aromatic nitrogens is 3. The van der Waals surface area contributed by atoms with Gasteiger partial charge < -0.3 is 10.1 Å². The Labute approximate surface area is 159 Å². The minimum atomic E-state index is -0.569. The van der Waals surface area contributed by atoms with Crippen molar-refractivity contribution in [3.63, 3.8) is 0 Å². The van der Waals surface area contributed by atoms with Crippen LogP contribution < -0.4 is 10.1 Å². The molecule has 27 heavy (non-hydrogen) atoms. The number of benzene rings is 1. The van der Waals surface area contributed by atoms with Crippen LogP contribution in [0.15, 0.2) is 48.7 Å². The molecule has 0 bridgehead atoms. The highest BCUT2D eigenvalue weighted by Gasteiger charge is 2.16. The summed E-state index contributed by atoms with van der Waals surface area (Å²) in [7, 11) is 0. The molecule has 0 fully saturated rings. The second-order valence-corrected chi connectivity index (χ2v) is 7.62. The number of rotatable bonds is 6. The van der Waals surface area contributed by atoms with Crippen molar-refractivity contribution < 1.29 is 9.53 Å². The van der Waals surface area contributed by atoms with Gasteiger partial charge in [-0.3, -0.25) is 9.20 Å². The third-order valence-corrected chi connectivity index (χ3v) is 4.43. The fraction of sp³-hybridized carbons (Fsp3) is 0.381. The van der Waals surface area contributed by atoms with Gasteiger partial charge in [-0.15, -0.1) is 10.2 Å². The van der Waals surface area contributed by atoms with E-state index in [9.17, 15) is 4.79 Å². The maximum absolute atomic E-state index is 12.3. The molecular weight excluding hydrogens is 340 g/mol. The van der Waals surface area contributed by atoms with Crippen molar-refractivity contribution >= 4 is 11.6 Å². The van der Waals surface area contributed by atoms with E-state index in [0.29, 0.717) is 18.7 Å². The fourth-order valence-electron chi connectivity index (χ4n) is 2.79. The molecule has 0 radical (unpaired) electrons. The summed E-state index contributed by atoms with van der Waals surface area (Å²) in [4.78, 5) is 12.3. The molecule has 0 saturated carbocycles. The molecule has 1 amide bonds. The highest BCUT2D eigenvalue weighted by molar-refractivity contribution is 5.80. The first kappa shape index (κ1) is 18.9. The summed E-state index contributed by atoms with van der Waals surface area (Å²) in [6, 6.07) is 13.6. The predicted molar refractivity (Wildman–Crippen MR) is 105 cm³/mol. The van der Waals surface area contributed by atoms with Crippen molar-refractivity contribution in [3.8, 4) is 5.75 Å². The zero-order valence-corrected chi connectivity index (χ0v) is 16.3. The van der Waals surface area contributed by atoms with Gasteiger partial charge in [0.25, 0.3) is 5.91 Å². The van der Waals surface area contributed by atoms with Gasteiger partial charge in [0.2, 0.25) is 0 Å². The van der Waals surface area contributed by atoms with E-state index >= 15 is 0 Å². The van der Waals surface area contributed by atoms with E-state index in [1.807, 2.05) is 53.1 Å². The quantitative estimate of drug-likeness (QED) is 0.728. The number of ether oxygens (including phenoxy) is 1. The second-order valence-electron chi connectivity index (χ2n) is 7.62. The van der Waals surface area contributed by atoms with E-state index in [1.165, 1.54) is 5.56 Å². The van der Waals surface area contributed by atoms with Gasteiger partial charge in [0, 0.05) is 19.2 Å². The summed E-state index contributed by atoms with van der Waals surface area (Å²) < 4.78 is 7.68. The molecule has 0 aliphatic rings. The van der Waals surface area contributed by atoms with Gasteiger partial charge in [0.05, 0.1) is 0 Å². The van der Waals surface area contributed by atoms with Gasteiger partial charge in [-0.1, -0.05) is 39.0 Å². The van der Waals surface area contributed by atoms with Crippen molar-refractivity contribution in [2.24, 2.45) is 0 Å². The Morgan fingerprint density at radius 2 is 1.89 bits per heavy atom. The van der Waals surface area contributed by atoms with Gasteiger partial charge in [-0.2, -0.15) is 0 Å². The van der Waals surface area contributed by atoms with Crippen LogP contribution in [0.25, 0.3) is 5.65 Å². The van der Waals surface area contributed by atoms with Crippen LogP contribution >= 0.6 is 0 Å². The summed E-state index contributed by atoms with van der Waals surface area (Å²) in [5.74, 6) is 1.36.